The van der Waals surface area contributed by atoms with E-state index in [4.69, 9.17) is 14.6 Å². The fourth-order valence-corrected chi connectivity index (χ4v) is 3.95. The van der Waals surface area contributed by atoms with E-state index in [-0.39, 0.29) is 5.91 Å². The van der Waals surface area contributed by atoms with Crippen molar-refractivity contribution in [1.29, 1.82) is 0 Å². The smallest absolute Gasteiger partial charge is 0.341 e. The minimum absolute atomic E-state index is 0.0788. The van der Waals surface area contributed by atoms with E-state index in [9.17, 15) is 9.59 Å². The molecule has 7 nitrogen and oxygen atoms in total. The normalized spacial score (nSPS) is 12.5. The SMILES string of the molecule is O=C(O)COc1cccc2c1OCCN2CCN(C(=O)c1ccccc1)c1ccc(Br)cc1. The van der Waals surface area contributed by atoms with Crippen LogP contribution in [0.4, 0.5) is 11.4 Å². The lowest BCUT2D eigenvalue weighted by molar-refractivity contribution is -0.139. The van der Waals surface area contributed by atoms with Crippen LogP contribution in [-0.4, -0.2) is 49.8 Å². The lowest BCUT2D eigenvalue weighted by Crippen LogP contribution is -2.41. The summed E-state index contributed by atoms with van der Waals surface area (Å²) in [5.74, 6) is -0.214. The molecule has 0 unspecified atom stereocenters. The van der Waals surface area contributed by atoms with Gasteiger partial charge in [-0.25, -0.2) is 4.79 Å². The standard InChI is InChI=1S/C25H23BrN2O5/c26-19-9-11-20(12-10-19)28(25(31)18-5-2-1-3-6-18)14-13-27-15-16-32-24-21(27)7-4-8-22(24)33-17-23(29)30/h1-12H,13-17H2,(H,29,30). The number of carboxylic acid groups (broad SMARTS) is 1. The van der Waals surface area contributed by atoms with Crippen LogP contribution in [0.1, 0.15) is 10.4 Å². The van der Waals surface area contributed by atoms with Crippen molar-refractivity contribution in [1.82, 2.24) is 0 Å². The second-order valence-corrected chi connectivity index (χ2v) is 8.34. The van der Waals surface area contributed by atoms with E-state index >= 15 is 0 Å². The Bertz CT molecular complexity index is 1120. The number of nitrogens with zero attached hydrogens (tertiary/aromatic N) is 2. The molecule has 0 saturated carbocycles. The van der Waals surface area contributed by atoms with E-state index < -0.39 is 12.6 Å². The Labute approximate surface area is 200 Å². The first-order chi connectivity index (χ1) is 16.0. The van der Waals surface area contributed by atoms with Crippen LogP contribution in [0.3, 0.4) is 0 Å². The third-order valence-electron chi connectivity index (χ3n) is 5.26. The molecule has 0 spiro atoms. The van der Waals surface area contributed by atoms with Crippen molar-refractivity contribution in [3.8, 4) is 11.5 Å². The molecular weight excluding hydrogens is 488 g/mol. The zero-order chi connectivity index (χ0) is 23.2. The third kappa shape index (κ3) is 5.46. The van der Waals surface area contributed by atoms with Crippen LogP contribution in [0.2, 0.25) is 0 Å². The quantitative estimate of drug-likeness (QED) is 0.481. The molecule has 0 bridgehead atoms. The molecule has 1 N–H and O–H groups in total. The number of amides is 1. The first-order valence-electron chi connectivity index (χ1n) is 10.5. The number of fused-ring (bicyclic) bond motifs is 1. The van der Waals surface area contributed by atoms with Crippen molar-refractivity contribution in [3.05, 3.63) is 82.8 Å². The molecule has 0 radical (unpaired) electrons. The van der Waals surface area contributed by atoms with Gasteiger partial charge < -0.3 is 24.4 Å². The van der Waals surface area contributed by atoms with Gasteiger partial charge in [-0.15, -0.1) is 0 Å². The van der Waals surface area contributed by atoms with Gasteiger partial charge in [0.25, 0.3) is 5.91 Å². The molecule has 1 aliphatic heterocycles. The van der Waals surface area contributed by atoms with Crippen molar-refractivity contribution in [2.75, 3.05) is 42.6 Å². The molecule has 33 heavy (non-hydrogen) atoms. The number of carbonyl (C=O) groups excluding carboxylic acids is 1. The highest BCUT2D eigenvalue weighted by molar-refractivity contribution is 9.10. The van der Waals surface area contributed by atoms with Gasteiger partial charge in [-0.05, 0) is 48.5 Å². The largest absolute Gasteiger partial charge is 0.486 e. The van der Waals surface area contributed by atoms with Crippen LogP contribution in [-0.2, 0) is 4.79 Å². The van der Waals surface area contributed by atoms with Crippen LogP contribution < -0.4 is 19.3 Å². The number of para-hydroxylation sites is 1. The highest BCUT2D eigenvalue weighted by Crippen LogP contribution is 2.39. The second-order valence-electron chi connectivity index (χ2n) is 7.42. The first-order valence-corrected chi connectivity index (χ1v) is 11.3. The molecule has 8 heteroatoms. The molecule has 4 rings (SSSR count). The Morgan fingerprint density at radius 3 is 2.52 bits per heavy atom. The molecule has 3 aromatic rings. The molecule has 1 heterocycles. The molecule has 0 fully saturated rings. The summed E-state index contributed by atoms with van der Waals surface area (Å²) >= 11 is 3.45. The van der Waals surface area contributed by atoms with Gasteiger partial charge in [-0.1, -0.05) is 40.2 Å². The molecule has 3 aromatic carbocycles. The lowest BCUT2D eigenvalue weighted by Gasteiger charge is -2.34. The number of carboxylic acids is 1. The topological polar surface area (TPSA) is 79.3 Å². The molecule has 1 aliphatic rings. The fourth-order valence-electron chi connectivity index (χ4n) is 3.69. The highest BCUT2D eigenvalue weighted by Gasteiger charge is 2.24. The van der Waals surface area contributed by atoms with Gasteiger partial charge in [-0.3, -0.25) is 4.79 Å². The van der Waals surface area contributed by atoms with Crippen LogP contribution >= 0.6 is 15.9 Å². The van der Waals surface area contributed by atoms with Crippen LogP contribution in [0.5, 0.6) is 11.5 Å². The summed E-state index contributed by atoms with van der Waals surface area (Å²) in [5, 5.41) is 8.93. The first kappa shape index (κ1) is 22.7. The number of aliphatic carboxylic acids is 1. The van der Waals surface area contributed by atoms with Gasteiger partial charge in [-0.2, -0.15) is 0 Å². The van der Waals surface area contributed by atoms with E-state index in [0.717, 1.165) is 15.8 Å². The average molecular weight is 511 g/mol. The van der Waals surface area contributed by atoms with Crippen molar-refractivity contribution in [2.24, 2.45) is 0 Å². The van der Waals surface area contributed by atoms with Crippen molar-refractivity contribution in [2.45, 2.75) is 0 Å². The van der Waals surface area contributed by atoms with Crippen molar-refractivity contribution >= 4 is 39.2 Å². The van der Waals surface area contributed by atoms with Crippen LogP contribution in [0, 0.1) is 0 Å². The summed E-state index contributed by atoms with van der Waals surface area (Å²) in [6.45, 7) is 1.65. The minimum atomic E-state index is -1.05. The third-order valence-corrected chi connectivity index (χ3v) is 5.78. The summed E-state index contributed by atoms with van der Waals surface area (Å²) in [6, 6.07) is 22.3. The second kappa shape index (κ2) is 10.4. The minimum Gasteiger partial charge on any atom is -0.486 e. The number of anilines is 2. The number of hydrogen-bond donors (Lipinski definition) is 1. The average Bonchev–Trinajstić information content (AvgIpc) is 2.84. The van der Waals surface area contributed by atoms with Gasteiger partial charge in [0.1, 0.15) is 6.61 Å². The number of ether oxygens (including phenoxy) is 2. The maximum absolute atomic E-state index is 13.3. The molecule has 0 aromatic heterocycles. The Kier molecular flexibility index (Phi) is 7.14. The summed E-state index contributed by atoms with van der Waals surface area (Å²) in [6.07, 6.45) is 0. The summed E-state index contributed by atoms with van der Waals surface area (Å²) in [4.78, 5) is 28.1. The van der Waals surface area contributed by atoms with Crippen molar-refractivity contribution in [3.63, 3.8) is 0 Å². The van der Waals surface area contributed by atoms with Crippen molar-refractivity contribution < 1.29 is 24.2 Å². The number of halogens is 1. The van der Waals surface area contributed by atoms with Gasteiger partial charge in [0.05, 0.1) is 12.2 Å². The monoisotopic (exact) mass is 510 g/mol. The zero-order valence-electron chi connectivity index (χ0n) is 17.8. The predicted octanol–water partition coefficient (Wildman–Crippen LogP) is 4.46. The van der Waals surface area contributed by atoms with Crippen LogP contribution in [0.15, 0.2) is 77.3 Å². The molecule has 170 valence electrons. The molecular formula is C25H23BrN2O5. The molecule has 0 saturated heterocycles. The Morgan fingerprint density at radius 2 is 1.79 bits per heavy atom. The maximum atomic E-state index is 13.3. The molecule has 0 atom stereocenters. The van der Waals surface area contributed by atoms with E-state index in [1.165, 1.54) is 0 Å². The van der Waals surface area contributed by atoms with E-state index in [0.29, 0.717) is 43.3 Å². The number of carbonyl (C=O) groups is 2. The molecule has 0 aliphatic carbocycles. The van der Waals surface area contributed by atoms with Crippen LogP contribution in [0.25, 0.3) is 0 Å². The number of hydrogen-bond acceptors (Lipinski definition) is 5. The van der Waals surface area contributed by atoms with E-state index in [1.807, 2.05) is 60.7 Å². The highest BCUT2D eigenvalue weighted by atomic mass is 79.9. The Hall–Kier alpha value is -3.52. The summed E-state index contributed by atoms with van der Waals surface area (Å²) < 4.78 is 12.1. The fraction of sp³-hybridized carbons (Fsp3) is 0.200. The van der Waals surface area contributed by atoms with E-state index in [1.54, 1.807) is 17.0 Å². The summed E-state index contributed by atoms with van der Waals surface area (Å²) in [7, 11) is 0. The zero-order valence-corrected chi connectivity index (χ0v) is 19.4. The number of benzene rings is 3. The number of rotatable bonds is 8. The predicted molar refractivity (Wildman–Crippen MR) is 130 cm³/mol. The van der Waals surface area contributed by atoms with E-state index in [2.05, 4.69) is 20.8 Å². The lowest BCUT2D eigenvalue weighted by atomic mass is 10.1. The summed E-state index contributed by atoms with van der Waals surface area (Å²) in [5.41, 5.74) is 2.23. The Balaban J connectivity index is 1.56. The maximum Gasteiger partial charge on any atom is 0.341 e. The van der Waals surface area contributed by atoms with Gasteiger partial charge in [0.15, 0.2) is 18.1 Å². The molecule has 1 amide bonds. The van der Waals surface area contributed by atoms with Gasteiger partial charge in [0.2, 0.25) is 0 Å². The van der Waals surface area contributed by atoms with Gasteiger partial charge >= 0.3 is 5.97 Å². The van der Waals surface area contributed by atoms with Gasteiger partial charge in [0, 0.05) is 28.8 Å². The Morgan fingerprint density at radius 1 is 1.03 bits per heavy atom.